The van der Waals surface area contributed by atoms with E-state index >= 15 is 0 Å². The Balaban J connectivity index is 1.19. The molecule has 0 atom stereocenters. The van der Waals surface area contributed by atoms with Gasteiger partial charge in [0.2, 0.25) is 0 Å². The van der Waals surface area contributed by atoms with Crippen molar-refractivity contribution in [3.63, 3.8) is 0 Å². The number of nitrogens with zero attached hydrogens (tertiary/aromatic N) is 2. The molecule has 0 saturated heterocycles. The lowest BCUT2D eigenvalue weighted by Crippen LogP contribution is -2.09. The van der Waals surface area contributed by atoms with Gasteiger partial charge in [-0.1, -0.05) is 141 Å². The summed E-state index contributed by atoms with van der Waals surface area (Å²) >= 11 is 1.92. The Kier molecular flexibility index (Phi) is 8.27. The van der Waals surface area contributed by atoms with Gasteiger partial charge in [-0.2, -0.15) is 0 Å². The average Bonchev–Trinajstić information content (AvgIpc) is 3.51. The van der Waals surface area contributed by atoms with Crippen LogP contribution in [0.5, 0.6) is 0 Å². The summed E-state index contributed by atoms with van der Waals surface area (Å²) in [6.07, 6.45) is 2.40. The molecule has 0 amide bonds. The molecule has 0 bridgehead atoms. The molecule has 0 saturated carbocycles. The standard InChI is InChI=1S/C48H38N2S/c1-2-3-32-51-50-45-25-15-14-20-39(45)44-33-38(30-31-46(44)50)49(36-18-8-5-9-19-36)37-28-26-35(27-29-37)48-42-23-12-10-21-40(42)47(34-16-6-4-7-17-34)41-22-11-13-24-43(41)48/h4-31,33H,2-3,32H2,1H3. The van der Waals surface area contributed by atoms with E-state index in [4.69, 9.17) is 0 Å². The second kappa shape index (κ2) is 13.5. The van der Waals surface area contributed by atoms with Crippen LogP contribution in [0.25, 0.3) is 65.6 Å². The third-order valence-electron chi connectivity index (χ3n) is 10.0. The number of para-hydroxylation sites is 2. The summed E-state index contributed by atoms with van der Waals surface area (Å²) in [4.78, 5) is 2.38. The molecule has 0 fully saturated rings. The van der Waals surface area contributed by atoms with Crippen LogP contribution in [0.15, 0.2) is 176 Å². The van der Waals surface area contributed by atoms with E-state index in [-0.39, 0.29) is 0 Å². The first-order chi connectivity index (χ1) is 25.3. The number of hydrogen-bond acceptors (Lipinski definition) is 2. The van der Waals surface area contributed by atoms with Crippen molar-refractivity contribution in [2.45, 2.75) is 19.8 Å². The third-order valence-corrected chi connectivity index (χ3v) is 11.1. The second-order valence-corrected chi connectivity index (χ2v) is 14.2. The Bertz CT molecular complexity index is 2580. The molecule has 51 heavy (non-hydrogen) atoms. The molecule has 0 aliphatic rings. The first-order valence-corrected chi connectivity index (χ1v) is 18.9. The average molecular weight is 675 g/mol. The first-order valence-electron chi connectivity index (χ1n) is 17.9. The minimum absolute atomic E-state index is 1.11. The van der Waals surface area contributed by atoms with Gasteiger partial charge in [0.25, 0.3) is 0 Å². The lowest BCUT2D eigenvalue weighted by Gasteiger charge is -2.26. The molecule has 9 aromatic rings. The normalized spacial score (nSPS) is 11.5. The zero-order chi connectivity index (χ0) is 34.1. The van der Waals surface area contributed by atoms with Crippen molar-refractivity contribution in [1.82, 2.24) is 3.97 Å². The number of hydrogen-bond donors (Lipinski definition) is 0. The molecule has 8 aromatic carbocycles. The first kappa shape index (κ1) is 31.2. The summed E-state index contributed by atoms with van der Waals surface area (Å²) in [5.74, 6) is 1.11. The van der Waals surface area contributed by atoms with Gasteiger partial charge in [0.05, 0.1) is 11.0 Å². The molecule has 1 heterocycles. The summed E-state index contributed by atoms with van der Waals surface area (Å²) < 4.78 is 2.43. The predicted molar refractivity (Wildman–Crippen MR) is 223 cm³/mol. The Morgan fingerprint density at radius 1 is 0.431 bits per heavy atom. The van der Waals surface area contributed by atoms with Crippen molar-refractivity contribution in [2.75, 3.05) is 10.7 Å². The van der Waals surface area contributed by atoms with Crippen LogP contribution in [-0.4, -0.2) is 9.73 Å². The fraction of sp³-hybridized carbons (Fsp3) is 0.0833. The number of anilines is 3. The molecular weight excluding hydrogens is 637 g/mol. The third kappa shape index (κ3) is 5.55. The van der Waals surface area contributed by atoms with E-state index in [2.05, 4.69) is 192 Å². The number of unbranched alkanes of at least 4 members (excludes halogenated alkanes) is 1. The van der Waals surface area contributed by atoms with E-state index < -0.39 is 0 Å². The number of rotatable bonds is 9. The van der Waals surface area contributed by atoms with Gasteiger partial charge < -0.3 is 4.90 Å². The van der Waals surface area contributed by atoms with Crippen LogP contribution in [0.3, 0.4) is 0 Å². The summed E-state index contributed by atoms with van der Waals surface area (Å²) in [6, 6.07) is 64.2. The van der Waals surface area contributed by atoms with Crippen molar-refractivity contribution < 1.29 is 0 Å². The maximum atomic E-state index is 2.43. The molecular formula is C48H38N2S. The highest BCUT2D eigenvalue weighted by Gasteiger charge is 2.19. The van der Waals surface area contributed by atoms with E-state index in [1.807, 2.05) is 11.9 Å². The topological polar surface area (TPSA) is 8.17 Å². The molecule has 9 rings (SSSR count). The van der Waals surface area contributed by atoms with Crippen molar-refractivity contribution in [1.29, 1.82) is 0 Å². The van der Waals surface area contributed by atoms with Crippen LogP contribution in [0.4, 0.5) is 17.1 Å². The Morgan fingerprint density at radius 2 is 0.902 bits per heavy atom. The maximum Gasteiger partial charge on any atom is 0.0606 e. The van der Waals surface area contributed by atoms with Crippen LogP contribution in [0, 0.1) is 0 Å². The van der Waals surface area contributed by atoms with Crippen LogP contribution >= 0.6 is 11.9 Å². The smallest absolute Gasteiger partial charge is 0.0606 e. The number of benzene rings is 8. The van der Waals surface area contributed by atoms with E-state index in [9.17, 15) is 0 Å². The fourth-order valence-electron chi connectivity index (χ4n) is 7.66. The van der Waals surface area contributed by atoms with E-state index in [1.165, 1.54) is 78.4 Å². The zero-order valence-corrected chi connectivity index (χ0v) is 29.5. The van der Waals surface area contributed by atoms with E-state index in [0.29, 0.717) is 0 Å². The summed E-state index contributed by atoms with van der Waals surface area (Å²) in [7, 11) is 0. The van der Waals surface area contributed by atoms with Gasteiger partial charge >= 0.3 is 0 Å². The maximum absolute atomic E-state index is 2.43. The van der Waals surface area contributed by atoms with Gasteiger partial charge in [-0.3, -0.25) is 3.97 Å². The zero-order valence-electron chi connectivity index (χ0n) is 28.7. The van der Waals surface area contributed by atoms with Crippen LogP contribution in [0.2, 0.25) is 0 Å². The molecule has 1 aromatic heterocycles. The Hall–Kier alpha value is -5.77. The highest BCUT2D eigenvalue weighted by Crippen LogP contribution is 2.45. The summed E-state index contributed by atoms with van der Waals surface area (Å²) in [5, 5.41) is 7.64. The van der Waals surface area contributed by atoms with Crippen molar-refractivity contribution in [2.24, 2.45) is 0 Å². The SMILES string of the molecule is CCCCSn1c2ccccc2c2cc(N(c3ccccc3)c3ccc(-c4c5ccccc5c(-c5ccccc5)c5ccccc45)cc3)ccc21. The lowest BCUT2D eigenvalue weighted by atomic mass is 9.86. The molecule has 0 unspecified atom stereocenters. The fourth-order valence-corrected chi connectivity index (χ4v) is 8.86. The molecule has 0 aliphatic heterocycles. The van der Waals surface area contributed by atoms with Gasteiger partial charge in [-0.25, -0.2) is 0 Å². The summed E-state index contributed by atoms with van der Waals surface area (Å²) in [5.41, 5.74) is 11.0. The van der Waals surface area contributed by atoms with Crippen LogP contribution in [-0.2, 0) is 0 Å². The molecule has 0 N–H and O–H groups in total. The predicted octanol–water partition coefficient (Wildman–Crippen LogP) is 14.2. The quantitative estimate of drug-likeness (QED) is 0.111. The number of aromatic nitrogens is 1. The highest BCUT2D eigenvalue weighted by atomic mass is 32.2. The monoisotopic (exact) mass is 674 g/mol. The molecule has 0 spiro atoms. The molecule has 246 valence electrons. The largest absolute Gasteiger partial charge is 0.310 e. The van der Waals surface area contributed by atoms with Gasteiger partial charge in [-0.15, -0.1) is 0 Å². The molecule has 0 radical (unpaired) electrons. The molecule has 3 heteroatoms. The minimum Gasteiger partial charge on any atom is -0.310 e. The number of fused-ring (bicyclic) bond motifs is 5. The minimum atomic E-state index is 1.11. The second-order valence-electron chi connectivity index (χ2n) is 13.1. The lowest BCUT2D eigenvalue weighted by molar-refractivity contribution is 0.895. The summed E-state index contributed by atoms with van der Waals surface area (Å²) in [6.45, 7) is 2.26. The van der Waals surface area contributed by atoms with Crippen LogP contribution in [0.1, 0.15) is 19.8 Å². The van der Waals surface area contributed by atoms with Crippen molar-refractivity contribution in [3.05, 3.63) is 176 Å². The van der Waals surface area contributed by atoms with Gasteiger partial charge in [-0.05, 0) is 111 Å². The van der Waals surface area contributed by atoms with E-state index in [0.717, 1.165) is 22.8 Å². The highest BCUT2D eigenvalue weighted by molar-refractivity contribution is 7.98. The Labute approximate surface area is 303 Å². The molecule has 0 aliphatic carbocycles. The van der Waals surface area contributed by atoms with Crippen LogP contribution < -0.4 is 4.90 Å². The molecule has 2 nitrogen and oxygen atoms in total. The van der Waals surface area contributed by atoms with Gasteiger partial charge in [0.15, 0.2) is 0 Å². The van der Waals surface area contributed by atoms with E-state index in [1.54, 1.807) is 0 Å². The van der Waals surface area contributed by atoms with Crippen molar-refractivity contribution in [3.8, 4) is 22.3 Å². The Morgan fingerprint density at radius 3 is 1.51 bits per heavy atom. The van der Waals surface area contributed by atoms with Gasteiger partial charge in [0, 0.05) is 33.6 Å². The van der Waals surface area contributed by atoms with Gasteiger partial charge in [0.1, 0.15) is 0 Å². The van der Waals surface area contributed by atoms with Crippen molar-refractivity contribution >= 4 is 72.4 Å².